The first-order chi connectivity index (χ1) is 12.1. The average Bonchev–Trinajstić information content (AvgIpc) is 2.94. The SMILES string of the molecule is CCC[C@@H](C(=O)NCc1cccc(Cl)c1)N1Cc2ccccc2C1=O. The van der Waals surface area contributed by atoms with Crippen LogP contribution in [0.3, 0.4) is 0 Å². The summed E-state index contributed by atoms with van der Waals surface area (Å²) in [6.45, 7) is 2.91. The third kappa shape index (κ3) is 3.85. The molecule has 25 heavy (non-hydrogen) atoms. The van der Waals surface area contributed by atoms with E-state index in [9.17, 15) is 9.59 Å². The highest BCUT2D eigenvalue weighted by Crippen LogP contribution is 2.26. The van der Waals surface area contributed by atoms with Gasteiger partial charge in [-0.15, -0.1) is 0 Å². The fourth-order valence-electron chi connectivity index (χ4n) is 3.18. The summed E-state index contributed by atoms with van der Waals surface area (Å²) in [5.74, 6) is -0.185. The number of rotatable bonds is 6. The van der Waals surface area contributed by atoms with Crippen molar-refractivity contribution < 1.29 is 9.59 Å². The number of nitrogens with one attached hydrogen (secondary N) is 1. The van der Waals surface area contributed by atoms with E-state index in [0.717, 1.165) is 17.5 Å². The molecule has 0 aromatic heterocycles. The molecule has 1 aliphatic heterocycles. The Morgan fingerprint density at radius 1 is 1.24 bits per heavy atom. The number of benzene rings is 2. The van der Waals surface area contributed by atoms with E-state index in [4.69, 9.17) is 11.6 Å². The van der Waals surface area contributed by atoms with Crippen molar-refractivity contribution in [3.05, 3.63) is 70.2 Å². The van der Waals surface area contributed by atoms with Gasteiger partial charge in [0.15, 0.2) is 0 Å². The molecular weight excluding hydrogens is 336 g/mol. The molecule has 0 fully saturated rings. The summed E-state index contributed by atoms with van der Waals surface area (Å²) < 4.78 is 0. The van der Waals surface area contributed by atoms with Gasteiger partial charge in [0.25, 0.3) is 5.91 Å². The highest BCUT2D eigenvalue weighted by Gasteiger charge is 2.35. The van der Waals surface area contributed by atoms with Crippen LogP contribution in [-0.2, 0) is 17.9 Å². The van der Waals surface area contributed by atoms with E-state index >= 15 is 0 Å². The van der Waals surface area contributed by atoms with E-state index in [1.54, 1.807) is 11.0 Å². The van der Waals surface area contributed by atoms with E-state index in [1.807, 2.05) is 49.4 Å². The van der Waals surface area contributed by atoms with Crippen molar-refractivity contribution in [2.45, 2.75) is 38.9 Å². The molecule has 5 heteroatoms. The maximum absolute atomic E-state index is 12.7. The lowest BCUT2D eigenvalue weighted by Gasteiger charge is -2.26. The molecule has 0 aliphatic carbocycles. The minimum atomic E-state index is -0.455. The summed E-state index contributed by atoms with van der Waals surface area (Å²) in [4.78, 5) is 27.1. The zero-order valence-corrected chi connectivity index (χ0v) is 14.9. The molecule has 130 valence electrons. The number of fused-ring (bicyclic) bond motifs is 1. The van der Waals surface area contributed by atoms with Crippen LogP contribution >= 0.6 is 11.6 Å². The summed E-state index contributed by atoms with van der Waals surface area (Å²) in [5, 5.41) is 3.58. The van der Waals surface area contributed by atoms with Gasteiger partial charge in [0.1, 0.15) is 6.04 Å². The molecule has 1 atom stereocenters. The molecule has 1 aliphatic rings. The van der Waals surface area contributed by atoms with E-state index in [0.29, 0.717) is 30.1 Å². The van der Waals surface area contributed by atoms with Crippen LogP contribution in [0, 0.1) is 0 Å². The lowest BCUT2D eigenvalue weighted by molar-refractivity contribution is -0.126. The first-order valence-corrected chi connectivity index (χ1v) is 8.89. The molecule has 4 nitrogen and oxygen atoms in total. The summed E-state index contributed by atoms with van der Waals surface area (Å²) in [6, 6.07) is 14.5. The lowest BCUT2D eigenvalue weighted by atomic mass is 10.1. The Bertz CT molecular complexity index is 791. The van der Waals surface area contributed by atoms with E-state index in [1.165, 1.54) is 0 Å². The predicted octanol–water partition coefficient (Wildman–Crippen LogP) is 3.78. The maximum atomic E-state index is 12.7. The van der Waals surface area contributed by atoms with Crippen LogP contribution in [0.25, 0.3) is 0 Å². The minimum absolute atomic E-state index is 0.0630. The third-order valence-electron chi connectivity index (χ3n) is 4.45. The standard InChI is InChI=1S/C20H21ClN2O2/c1-2-6-18(19(24)22-12-14-7-5-9-16(21)11-14)23-13-15-8-3-4-10-17(15)20(23)25/h3-5,7-11,18H,2,6,12-13H2,1H3,(H,22,24)/t18-/m0/s1. The van der Waals surface area contributed by atoms with Crippen molar-refractivity contribution in [1.29, 1.82) is 0 Å². The number of carbonyl (C=O) groups is 2. The first kappa shape index (κ1) is 17.5. The zero-order valence-electron chi connectivity index (χ0n) is 14.2. The molecule has 0 saturated carbocycles. The number of nitrogens with zero attached hydrogens (tertiary/aromatic N) is 1. The molecule has 0 unspecified atom stereocenters. The second-order valence-electron chi connectivity index (χ2n) is 6.24. The van der Waals surface area contributed by atoms with E-state index in [2.05, 4.69) is 5.32 Å². The molecule has 2 aromatic rings. The van der Waals surface area contributed by atoms with Crippen molar-refractivity contribution in [1.82, 2.24) is 10.2 Å². The van der Waals surface area contributed by atoms with Gasteiger partial charge in [-0.05, 0) is 35.7 Å². The fourth-order valence-corrected chi connectivity index (χ4v) is 3.40. The van der Waals surface area contributed by atoms with Gasteiger partial charge in [-0.25, -0.2) is 0 Å². The van der Waals surface area contributed by atoms with Gasteiger partial charge < -0.3 is 10.2 Å². The number of hydrogen-bond acceptors (Lipinski definition) is 2. The normalized spacial score (nSPS) is 14.3. The zero-order chi connectivity index (χ0) is 17.8. The minimum Gasteiger partial charge on any atom is -0.350 e. The van der Waals surface area contributed by atoms with Crippen molar-refractivity contribution in [3.8, 4) is 0 Å². The van der Waals surface area contributed by atoms with Gasteiger partial charge in [0.05, 0.1) is 0 Å². The van der Waals surface area contributed by atoms with Gasteiger partial charge in [-0.2, -0.15) is 0 Å². The Hall–Kier alpha value is -2.33. The molecule has 3 rings (SSSR count). The second kappa shape index (κ2) is 7.70. The molecule has 2 aromatic carbocycles. The maximum Gasteiger partial charge on any atom is 0.255 e. The number of halogens is 1. The first-order valence-electron chi connectivity index (χ1n) is 8.51. The van der Waals surface area contributed by atoms with Crippen LogP contribution in [-0.4, -0.2) is 22.8 Å². The largest absolute Gasteiger partial charge is 0.350 e. The second-order valence-corrected chi connectivity index (χ2v) is 6.68. The molecule has 2 amide bonds. The molecule has 0 saturated heterocycles. The lowest BCUT2D eigenvalue weighted by Crippen LogP contribution is -2.46. The molecule has 1 N–H and O–H groups in total. The Kier molecular flexibility index (Phi) is 5.39. The Balaban J connectivity index is 1.71. The van der Waals surface area contributed by atoms with Crippen LogP contribution in [0.4, 0.5) is 0 Å². The topological polar surface area (TPSA) is 49.4 Å². The molecule has 0 spiro atoms. The highest BCUT2D eigenvalue weighted by atomic mass is 35.5. The fraction of sp³-hybridized carbons (Fsp3) is 0.300. The van der Waals surface area contributed by atoms with Crippen molar-refractivity contribution in [2.24, 2.45) is 0 Å². The summed E-state index contributed by atoms with van der Waals surface area (Å²) in [6.07, 6.45) is 1.47. The molecular formula is C20H21ClN2O2. The highest BCUT2D eigenvalue weighted by molar-refractivity contribution is 6.30. The van der Waals surface area contributed by atoms with Crippen LogP contribution in [0.1, 0.15) is 41.3 Å². The van der Waals surface area contributed by atoms with Crippen molar-refractivity contribution >= 4 is 23.4 Å². The monoisotopic (exact) mass is 356 g/mol. The molecule has 0 bridgehead atoms. The predicted molar refractivity (Wildman–Crippen MR) is 98.3 cm³/mol. The summed E-state index contributed by atoms with van der Waals surface area (Å²) in [5.41, 5.74) is 2.62. The smallest absolute Gasteiger partial charge is 0.255 e. The van der Waals surface area contributed by atoms with E-state index in [-0.39, 0.29) is 11.8 Å². The van der Waals surface area contributed by atoms with Crippen LogP contribution in [0.15, 0.2) is 48.5 Å². The van der Waals surface area contributed by atoms with Crippen molar-refractivity contribution in [2.75, 3.05) is 0 Å². The molecule has 1 heterocycles. The average molecular weight is 357 g/mol. The molecule has 0 radical (unpaired) electrons. The van der Waals surface area contributed by atoms with Gasteiger partial charge in [0, 0.05) is 23.7 Å². The van der Waals surface area contributed by atoms with Gasteiger partial charge >= 0.3 is 0 Å². The third-order valence-corrected chi connectivity index (χ3v) is 4.68. The summed E-state index contributed by atoms with van der Waals surface area (Å²) >= 11 is 5.98. The van der Waals surface area contributed by atoms with Crippen LogP contribution in [0.2, 0.25) is 5.02 Å². The quantitative estimate of drug-likeness (QED) is 0.856. The number of hydrogen-bond donors (Lipinski definition) is 1. The van der Waals surface area contributed by atoms with E-state index < -0.39 is 6.04 Å². The van der Waals surface area contributed by atoms with Gasteiger partial charge in [-0.1, -0.05) is 55.3 Å². The number of amides is 2. The van der Waals surface area contributed by atoms with Crippen molar-refractivity contribution in [3.63, 3.8) is 0 Å². The Morgan fingerprint density at radius 3 is 2.76 bits per heavy atom. The van der Waals surface area contributed by atoms with Gasteiger partial charge in [0.2, 0.25) is 5.91 Å². The Labute approximate surface area is 152 Å². The number of carbonyl (C=O) groups excluding carboxylic acids is 2. The Morgan fingerprint density at radius 2 is 2.04 bits per heavy atom. The summed E-state index contributed by atoms with van der Waals surface area (Å²) in [7, 11) is 0. The van der Waals surface area contributed by atoms with Crippen LogP contribution < -0.4 is 5.32 Å². The van der Waals surface area contributed by atoms with Gasteiger partial charge in [-0.3, -0.25) is 9.59 Å². The van der Waals surface area contributed by atoms with Crippen LogP contribution in [0.5, 0.6) is 0 Å².